The van der Waals surface area contributed by atoms with Crippen LogP contribution in [0.4, 0.5) is 18.0 Å². The SMILES string of the molecule is C=Cc1cc(CN(C)C(=O)OC(C)(C)C)cc(OC(F)(F)F)c1. The molecule has 7 heteroatoms. The largest absolute Gasteiger partial charge is 0.573 e. The number of amides is 1. The van der Waals surface area contributed by atoms with Crippen molar-refractivity contribution >= 4 is 12.2 Å². The molecule has 23 heavy (non-hydrogen) atoms. The molecule has 0 aliphatic carbocycles. The molecule has 0 spiro atoms. The second-order valence-corrected chi connectivity index (χ2v) is 6.00. The van der Waals surface area contributed by atoms with E-state index >= 15 is 0 Å². The first-order chi connectivity index (χ1) is 10.4. The van der Waals surface area contributed by atoms with E-state index in [0.29, 0.717) is 11.1 Å². The molecule has 0 atom stereocenters. The van der Waals surface area contributed by atoms with Gasteiger partial charge in [0.2, 0.25) is 0 Å². The summed E-state index contributed by atoms with van der Waals surface area (Å²) in [4.78, 5) is 13.2. The molecule has 1 aromatic carbocycles. The summed E-state index contributed by atoms with van der Waals surface area (Å²) in [5.74, 6) is -0.359. The van der Waals surface area contributed by atoms with Gasteiger partial charge in [-0.25, -0.2) is 4.79 Å². The molecule has 1 aromatic rings. The third kappa shape index (κ3) is 7.08. The molecule has 0 saturated carbocycles. The second-order valence-electron chi connectivity index (χ2n) is 6.00. The summed E-state index contributed by atoms with van der Waals surface area (Å²) in [5, 5.41) is 0. The van der Waals surface area contributed by atoms with Crippen molar-refractivity contribution in [3.8, 4) is 5.75 Å². The number of benzene rings is 1. The zero-order valence-electron chi connectivity index (χ0n) is 13.5. The minimum atomic E-state index is -4.78. The Morgan fingerprint density at radius 2 is 1.87 bits per heavy atom. The summed E-state index contributed by atoms with van der Waals surface area (Å²) in [6.07, 6.45) is -3.95. The first-order valence-corrected chi connectivity index (χ1v) is 6.86. The van der Waals surface area contributed by atoms with E-state index in [1.165, 1.54) is 30.2 Å². The van der Waals surface area contributed by atoms with Crippen LogP contribution in [-0.2, 0) is 11.3 Å². The highest BCUT2D eigenvalue weighted by atomic mass is 19.4. The van der Waals surface area contributed by atoms with Gasteiger partial charge in [0, 0.05) is 13.6 Å². The fourth-order valence-corrected chi connectivity index (χ4v) is 1.77. The van der Waals surface area contributed by atoms with Gasteiger partial charge in [0.25, 0.3) is 0 Å². The molecule has 0 heterocycles. The zero-order chi connectivity index (χ0) is 17.8. The maximum atomic E-state index is 12.4. The third-order valence-corrected chi connectivity index (χ3v) is 2.58. The first kappa shape index (κ1) is 18.9. The molecule has 0 fully saturated rings. The van der Waals surface area contributed by atoms with E-state index in [1.807, 2.05) is 0 Å². The monoisotopic (exact) mass is 331 g/mol. The van der Waals surface area contributed by atoms with Crippen molar-refractivity contribution in [2.24, 2.45) is 0 Å². The minimum Gasteiger partial charge on any atom is -0.444 e. The Kier molecular flexibility index (Phi) is 5.69. The van der Waals surface area contributed by atoms with Gasteiger partial charge < -0.3 is 14.4 Å². The molecule has 0 aliphatic heterocycles. The van der Waals surface area contributed by atoms with Gasteiger partial charge in [-0.05, 0) is 50.1 Å². The molecule has 0 aromatic heterocycles. The third-order valence-electron chi connectivity index (χ3n) is 2.58. The summed E-state index contributed by atoms with van der Waals surface area (Å²) >= 11 is 0. The van der Waals surface area contributed by atoms with Gasteiger partial charge in [0.1, 0.15) is 11.4 Å². The first-order valence-electron chi connectivity index (χ1n) is 6.86. The number of hydrogen-bond acceptors (Lipinski definition) is 3. The van der Waals surface area contributed by atoms with Crippen LogP contribution < -0.4 is 4.74 Å². The summed E-state index contributed by atoms with van der Waals surface area (Å²) in [6.45, 7) is 8.79. The Morgan fingerprint density at radius 1 is 1.26 bits per heavy atom. The zero-order valence-corrected chi connectivity index (χ0v) is 13.5. The molecule has 4 nitrogen and oxygen atoms in total. The van der Waals surface area contributed by atoms with E-state index < -0.39 is 18.1 Å². The molecule has 0 bridgehead atoms. The van der Waals surface area contributed by atoms with Gasteiger partial charge in [0.05, 0.1) is 0 Å². The van der Waals surface area contributed by atoms with Crippen molar-refractivity contribution in [3.63, 3.8) is 0 Å². The minimum absolute atomic E-state index is 0.0742. The molecule has 0 radical (unpaired) electrons. The number of rotatable bonds is 4. The van der Waals surface area contributed by atoms with Gasteiger partial charge >= 0.3 is 12.5 Å². The fourth-order valence-electron chi connectivity index (χ4n) is 1.77. The van der Waals surface area contributed by atoms with E-state index in [1.54, 1.807) is 26.8 Å². The lowest BCUT2D eigenvalue weighted by molar-refractivity contribution is -0.274. The second kappa shape index (κ2) is 6.93. The Bertz CT molecular complexity index is 577. The number of nitrogens with zero attached hydrogens (tertiary/aromatic N) is 1. The summed E-state index contributed by atoms with van der Waals surface area (Å²) in [7, 11) is 1.50. The number of halogens is 3. The van der Waals surface area contributed by atoms with E-state index in [0.717, 1.165) is 0 Å². The standard InChI is InChI=1S/C16H20F3NO3/c1-6-11-7-12(9-13(8-11)22-16(17,18)19)10-20(5)14(21)23-15(2,3)4/h6-9H,1,10H2,2-5H3. The Morgan fingerprint density at radius 3 is 2.35 bits per heavy atom. The lowest BCUT2D eigenvalue weighted by atomic mass is 10.1. The van der Waals surface area contributed by atoms with Crippen molar-refractivity contribution in [2.75, 3.05) is 7.05 Å². The van der Waals surface area contributed by atoms with Crippen LogP contribution in [0.15, 0.2) is 24.8 Å². The topological polar surface area (TPSA) is 38.8 Å². The predicted octanol–water partition coefficient (Wildman–Crippen LogP) is 4.60. The summed E-state index contributed by atoms with van der Waals surface area (Å²) in [6, 6.07) is 4.07. The van der Waals surface area contributed by atoms with Crippen molar-refractivity contribution in [1.29, 1.82) is 0 Å². The Balaban J connectivity index is 2.92. The van der Waals surface area contributed by atoms with Crippen LogP contribution in [0.3, 0.4) is 0 Å². The molecule has 128 valence electrons. The van der Waals surface area contributed by atoms with Crippen molar-refractivity contribution < 1.29 is 27.4 Å². The lowest BCUT2D eigenvalue weighted by Crippen LogP contribution is -2.33. The highest BCUT2D eigenvalue weighted by molar-refractivity contribution is 5.68. The summed E-state index contributed by atoms with van der Waals surface area (Å²) < 4.78 is 46.2. The average Bonchev–Trinajstić information content (AvgIpc) is 2.34. The lowest BCUT2D eigenvalue weighted by Gasteiger charge is -2.25. The van der Waals surface area contributed by atoms with Crippen LogP contribution in [0.5, 0.6) is 5.75 Å². The van der Waals surface area contributed by atoms with Crippen molar-refractivity contribution in [1.82, 2.24) is 4.90 Å². The van der Waals surface area contributed by atoms with Gasteiger partial charge in [0.15, 0.2) is 0 Å². The van der Waals surface area contributed by atoms with Crippen LogP contribution in [0, 0.1) is 0 Å². The summed E-state index contributed by atoms with van der Waals surface area (Å²) in [5.41, 5.74) is 0.271. The number of carbonyl (C=O) groups excluding carboxylic acids is 1. The highest BCUT2D eigenvalue weighted by Gasteiger charge is 2.31. The maximum Gasteiger partial charge on any atom is 0.573 e. The number of alkyl halides is 3. The molecule has 1 rings (SSSR count). The average molecular weight is 331 g/mol. The van der Waals surface area contributed by atoms with Crippen LogP contribution in [0.25, 0.3) is 6.08 Å². The Labute approximate surface area is 133 Å². The normalized spacial score (nSPS) is 11.8. The molecule has 0 unspecified atom stereocenters. The maximum absolute atomic E-state index is 12.4. The quantitative estimate of drug-likeness (QED) is 0.810. The molecular formula is C16H20F3NO3. The van der Waals surface area contributed by atoms with Crippen molar-refractivity contribution in [2.45, 2.75) is 39.3 Å². The van der Waals surface area contributed by atoms with Crippen LogP contribution in [0.1, 0.15) is 31.9 Å². The van der Waals surface area contributed by atoms with Crippen molar-refractivity contribution in [3.05, 3.63) is 35.9 Å². The number of hydrogen-bond donors (Lipinski definition) is 0. The smallest absolute Gasteiger partial charge is 0.444 e. The molecule has 0 saturated heterocycles. The number of carbonyl (C=O) groups is 1. The van der Waals surface area contributed by atoms with Crippen LogP contribution >= 0.6 is 0 Å². The van der Waals surface area contributed by atoms with E-state index in [4.69, 9.17) is 4.74 Å². The highest BCUT2D eigenvalue weighted by Crippen LogP contribution is 2.26. The van der Waals surface area contributed by atoms with Crippen LogP contribution in [-0.4, -0.2) is 30.0 Å². The van der Waals surface area contributed by atoms with Gasteiger partial charge in [-0.3, -0.25) is 0 Å². The van der Waals surface area contributed by atoms with E-state index in [-0.39, 0.29) is 12.3 Å². The molecule has 0 aliphatic rings. The van der Waals surface area contributed by atoms with Gasteiger partial charge in [-0.1, -0.05) is 12.7 Å². The molecular weight excluding hydrogens is 311 g/mol. The fraction of sp³-hybridized carbons (Fsp3) is 0.438. The molecule has 1 amide bonds. The van der Waals surface area contributed by atoms with Crippen LogP contribution in [0.2, 0.25) is 0 Å². The van der Waals surface area contributed by atoms with Gasteiger partial charge in [-0.2, -0.15) is 0 Å². The van der Waals surface area contributed by atoms with E-state index in [9.17, 15) is 18.0 Å². The van der Waals surface area contributed by atoms with E-state index in [2.05, 4.69) is 11.3 Å². The predicted molar refractivity (Wildman–Crippen MR) is 80.9 cm³/mol. The Hall–Kier alpha value is -2.18. The van der Waals surface area contributed by atoms with Gasteiger partial charge in [-0.15, -0.1) is 13.2 Å². The molecule has 0 N–H and O–H groups in total. The number of ether oxygens (including phenoxy) is 2.